The van der Waals surface area contributed by atoms with Crippen molar-refractivity contribution in [1.82, 2.24) is 9.55 Å². The van der Waals surface area contributed by atoms with Crippen molar-refractivity contribution >= 4 is 5.97 Å². The molecule has 2 aromatic rings. The third-order valence-corrected chi connectivity index (χ3v) is 4.09. The molecule has 2 heterocycles. The maximum atomic E-state index is 12.0. The standard InChI is InChI=1S/C16H18N2O3/c1-18-10-17-8-13(18)7-12-9-21-16(20)14(12)15(19)11-5-3-2-4-6-11/h2-6,8,10,12,14-15,19H,7,9H2,1H3/t12-,14?,15?/m0/s1. The lowest BCUT2D eigenvalue weighted by Crippen LogP contribution is -2.26. The van der Waals surface area contributed by atoms with E-state index >= 15 is 0 Å². The van der Waals surface area contributed by atoms with Crippen molar-refractivity contribution in [2.24, 2.45) is 18.9 Å². The molecule has 3 rings (SSSR count). The molecule has 21 heavy (non-hydrogen) atoms. The van der Waals surface area contributed by atoms with E-state index in [9.17, 15) is 9.90 Å². The zero-order chi connectivity index (χ0) is 14.8. The molecule has 110 valence electrons. The van der Waals surface area contributed by atoms with Gasteiger partial charge in [-0.3, -0.25) is 4.79 Å². The Bertz CT molecular complexity index is 623. The lowest BCUT2D eigenvalue weighted by molar-refractivity contribution is -0.144. The Morgan fingerprint density at radius 3 is 2.86 bits per heavy atom. The SMILES string of the molecule is Cn1cncc1C[C@H]1COC(=O)C1C(O)c1ccccc1. The molecule has 5 nitrogen and oxygen atoms in total. The molecule has 0 amide bonds. The minimum Gasteiger partial charge on any atom is -0.465 e. The first-order valence-corrected chi connectivity index (χ1v) is 7.01. The van der Waals surface area contributed by atoms with E-state index in [4.69, 9.17) is 4.74 Å². The quantitative estimate of drug-likeness (QED) is 0.865. The number of carbonyl (C=O) groups excluding carboxylic acids is 1. The lowest BCUT2D eigenvalue weighted by atomic mass is 9.84. The van der Waals surface area contributed by atoms with E-state index in [1.54, 1.807) is 12.5 Å². The molecule has 1 aliphatic heterocycles. The fourth-order valence-electron chi connectivity index (χ4n) is 2.86. The molecule has 1 saturated heterocycles. The van der Waals surface area contributed by atoms with Crippen LogP contribution in [0.4, 0.5) is 0 Å². The molecule has 0 bridgehead atoms. The summed E-state index contributed by atoms with van der Waals surface area (Å²) >= 11 is 0. The minimum atomic E-state index is -0.834. The van der Waals surface area contributed by atoms with E-state index in [2.05, 4.69) is 4.98 Å². The van der Waals surface area contributed by atoms with Crippen LogP contribution >= 0.6 is 0 Å². The van der Waals surface area contributed by atoms with Crippen LogP contribution in [0.5, 0.6) is 0 Å². The summed E-state index contributed by atoms with van der Waals surface area (Å²) in [7, 11) is 1.92. The van der Waals surface area contributed by atoms with Crippen LogP contribution in [-0.4, -0.2) is 27.2 Å². The number of aliphatic hydroxyl groups is 1. The number of nitrogens with zero attached hydrogens (tertiary/aromatic N) is 2. The summed E-state index contributed by atoms with van der Waals surface area (Å²) in [5.74, 6) is -0.885. The third kappa shape index (κ3) is 2.69. The molecular weight excluding hydrogens is 268 g/mol. The molecule has 1 fully saturated rings. The summed E-state index contributed by atoms with van der Waals surface area (Å²) < 4.78 is 7.11. The molecule has 2 unspecified atom stereocenters. The fourth-order valence-corrected chi connectivity index (χ4v) is 2.86. The summed E-state index contributed by atoms with van der Waals surface area (Å²) in [6.07, 6.45) is 3.35. The van der Waals surface area contributed by atoms with Crippen molar-refractivity contribution in [1.29, 1.82) is 0 Å². The molecular formula is C16H18N2O3. The van der Waals surface area contributed by atoms with Gasteiger partial charge in [-0.25, -0.2) is 4.98 Å². The van der Waals surface area contributed by atoms with Gasteiger partial charge in [0.25, 0.3) is 0 Å². The smallest absolute Gasteiger partial charge is 0.312 e. The highest BCUT2D eigenvalue weighted by atomic mass is 16.5. The van der Waals surface area contributed by atoms with Crippen LogP contribution in [-0.2, 0) is 23.0 Å². The van der Waals surface area contributed by atoms with Gasteiger partial charge in [0.1, 0.15) is 0 Å². The fraction of sp³-hybridized carbons (Fsp3) is 0.375. The normalized spacial score (nSPS) is 23.0. The molecule has 0 spiro atoms. The van der Waals surface area contributed by atoms with Crippen LogP contribution in [0.15, 0.2) is 42.9 Å². The first-order chi connectivity index (χ1) is 10.2. The van der Waals surface area contributed by atoms with E-state index in [1.165, 1.54) is 0 Å². The zero-order valence-electron chi connectivity index (χ0n) is 11.8. The van der Waals surface area contributed by atoms with Crippen LogP contribution in [0.2, 0.25) is 0 Å². The zero-order valence-corrected chi connectivity index (χ0v) is 11.8. The van der Waals surface area contributed by atoms with Gasteiger partial charge in [-0.2, -0.15) is 0 Å². The molecule has 1 aliphatic rings. The Hall–Kier alpha value is -2.14. The Kier molecular flexibility index (Phi) is 3.75. The second kappa shape index (κ2) is 5.69. The van der Waals surface area contributed by atoms with Gasteiger partial charge in [-0.1, -0.05) is 30.3 Å². The molecule has 3 atom stereocenters. The van der Waals surface area contributed by atoms with Crippen LogP contribution < -0.4 is 0 Å². The maximum Gasteiger partial charge on any atom is 0.312 e. The van der Waals surface area contributed by atoms with Crippen molar-refractivity contribution in [3.05, 3.63) is 54.1 Å². The molecule has 1 aromatic carbocycles. The average Bonchev–Trinajstić information content (AvgIpc) is 3.06. The second-order valence-electron chi connectivity index (χ2n) is 5.47. The molecule has 0 aliphatic carbocycles. The number of esters is 1. The van der Waals surface area contributed by atoms with Crippen molar-refractivity contribution in [2.45, 2.75) is 12.5 Å². The van der Waals surface area contributed by atoms with Crippen LogP contribution in [0, 0.1) is 11.8 Å². The van der Waals surface area contributed by atoms with Crippen LogP contribution in [0.3, 0.4) is 0 Å². The summed E-state index contributed by atoms with van der Waals surface area (Å²) in [6.45, 7) is 0.346. The predicted octanol–water partition coefficient (Wildman–Crippen LogP) is 1.49. The summed E-state index contributed by atoms with van der Waals surface area (Å²) in [6, 6.07) is 9.26. The van der Waals surface area contributed by atoms with Gasteiger partial charge in [0.2, 0.25) is 0 Å². The number of aryl methyl sites for hydroxylation is 1. The highest BCUT2D eigenvalue weighted by molar-refractivity contribution is 5.75. The van der Waals surface area contributed by atoms with Crippen LogP contribution in [0.1, 0.15) is 17.4 Å². The summed E-state index contributed by atoms with van der Waals surface area (Å²) in [5.41, 5.74) is 1.78. The van der Waals surface area contributed by atoms with Gasteiger partial charge >= 0.3 is 5.97 Å². The first kappa shape index (κ1) is 13.8. The first-order valence-electron chi connectivity index (χ1n) is 7.01. The number of cyclic esters (lactones) is 1. The number of rotatable bonds is 4. The minimum absolute atomic E-state index is 0.0388. The van der Waals surface area contributed by atoms with Crippen molar-refractivity contribution < 1.29 is 14.6 Å². The molecule has 5 heteroatoms. The lowest BCUT2D eigenvalue weighted by Gasteiger charge is -2.21. The van der Waals surface area contributed by atoms with Crippen molar-refractivity contribution in [3.8, 4) is 0 Å². The highest BCUT2D eigenvalue weighted by Gasteiger charge is 2.42. The number of hydrogen-bond donors (Lipinski definition) is 1. The number of aliphatic hydroxyl groups excluding tert-OH is 1. The van der Waals surface area contributed by atoms with Gasteiger partial charge in [-0.05, 0) is 12.0 Å². The van der Waals surface area contributed by atoms with Crippen molar-refractivity contribution in [3.63, 3.8) is 0 Å². The van der Waals surface area contributed by atoms with Gasteiger partial charge in [0.15, 0.2) is 0 Å². The number of benzene rings is 1. The van der Waals surface area contributed by atoms with Crippen molar-refractivity contribution in [2.75, 3.05) is 6.61 Å². The molecule has 0 radical (unpaired) electrons. The monoisotopic (exact) mass is 286 g/mol. The second-order valence-corrected chi connectivity index (χ2v) is 5.47. The number of hydrogen-bond acceptors (Lipinski definition) is 4. The predicted molar refractivity (Wildman–Crippen MR) is 76.3 cm³/mol. The van der Waals surface area contributed by atoms with E-state index in [0.29, 0.717) is 13.0 Å². The van der Waals surface area contributed by atoms with E-state index < -0.39 is 12.0 Å². The van der Waals surface area contributed by atoms with E-state index in [1.807, 2.05) is 41.9 Å². The Labute approximate surface area is 123 Å². The van der Waals surface area contributed by atoms with Gasteiger partial charge < -0.3 is 14.4 Å². The van der Waals surface area contributed by atoms with E-state index in [0.717, 1.165) is 11.3 Å². The summed E-state index contributed by atoms with van der Waals surface area (Å²) in [5, 5.41) is 10.5. The Morgan fingerprint density at radius 1 is 1.43 bits per heavy atom. The van der Waals surface area contributed by atoms with Gasteiger partial charge in [-0.15, -0.1) is 0 Å². The number of carbonyl (C=O) groups is 1. The van der Waals surface area contributed by atoms with E-state index in [-0.39, 0.29) is 11.9 Å². The third-order valence-electron chi connectivity index (χ3n) is 4.09. The topological polar surface area (TPSA) is 64.4 Å². The number of imidazole rings is 1. The number of ether oxygens (including phenoxy) is 1. The Morgan fingerprint density at radius 2 is 2.19 bits per heavy atom. The highest BCUT2D eigenvalue weighted by Crippen LogP contribution is 2.35. The Balaban J connectivity index is 1.81. The van der Waals surface area contributed by atoms with Gasteiger partial charge in [0.05, 0.1) is 25.0 Å². The summed E-state index contributed by atoms with van der Waals surface area (Å²) in [4.78, 5) is 16.1. The van der Waals surface area contributed by atoms with Gasteiger partial charge in [0, 0.05) is 24.9 Å². The molecule has 0 saturated carbocycles. The molecule has 1 N–H and O–H groups in total. The largest absolute Gasteiger partial charge is 0.465 e. The average molecular weight is 286 g/mol. The molecule has 1 aromatic heterocycles. The maximum absolute atomic E-state index is 12.0. The van der Waals surface area contributed by atoms with Crippen LogP contribution in [0.25, 0.3) is 0 Å². The number of aromatic nitrogens is 2.